The SMILES string of the molecule is C/C=C/OCC1C=CC=CC1. The average Bonchev–Trinajstić information content (AvgIpc) is 2.07. The molecule has 1 rings (SSSR count). The van der Waals surface area contributed by atoms with Crippen LogP contribution < -0.4 is 0 Å². The van der Waals surface area contributed by atoms with Crippen LogP contribution in [0.25, 0.3) is 0 Å². The van der Waals surface area contributed by atoms with Crippen molar-refractivity contribution in [2.24, 2.45) is 5.92 Å². The second-order valence-corrected chi connectivity index (χ2v) is 2.61. The molecule has 0 aromatic carbocycles. The molecular weight excluding hydrogens is 136 g/mol. The molecule has 0 N–H and O–H groups in total. The van der Waals surface area contributed by atoms with Crippen LogP contribution >= 0.6 is 0 Å². The van der Waals surface area contributed by atoms with E-state index in [0.717, 1.165) is 13.0 Å². The average molecular weight is 150 g/mol. The van der Waals surface area contributed by atoms with E-state index in [4.69, 9.17) is 4.74 Å². The lowest BCUT2D eigenvalue weighted by Gasteiger charge is -2.11. The van der Waals surface area contributed by atoms with Gasteiger partial charge in [-0.25, -0.2) is 0 Å². The highest BCUT2D eigenvalue weighted by Crippen LogP contribution is 2.11. The third-order valence-corrected chi connectivity index (χ3v) is 1.61. The highest BCUT2D eigenvalue weighted by atomic mass is 16.5. The van der Waals surface area contributed by atoms with Gasteiger partial charge >= 0.3 is 0 Å². The molecule has 11 heavy (non-hydrogen) atoms. The molecule has 0 aromatic heterocycles. The van der Waals surface area contributed by atoms with Gasteiger partial charge in [-0.05, 0) is 13.3 Å². The molecule has 1 nitrogen and oxygen atoms in total. The van der Waals surface area contributed by atoms with Crippen LogP contribution in [0.4, 0.5) is 0 Å². The zero-order valence-electron chi connectivity index (χ0n) is 6.86. The van der Waals surface area contributed by atoms with E-state index in [1.165, 1.54) is 0 Å². The Morgan fingerprint density at radius 3 is 3.09 bits per heavy atom. The van der Waals surface area contributed by atoms with E-state index in [1.807, 2.05) is 13.0 Å². The molecule has 1 heteroatoms. The monoisotopic (exact) mass is 150 g/mol. The topological polar surface area (TPSA) is 9.23 Å². The summed E-state index contributed by atoms with van der Waals surface area (Å²) in [7, 11) is 0. The van der Waals surface area contributed by atoms with Gasteiger partial charge in [0, 0.05) is 5.92 Å². The largest absolute Gasteiger partial charge is 0.501 e. The Bertz CT molecular complexity index is 177. The summed E-state index contributed by atoms with van der Waals surface area (Å²) in [5.74, 6) is 0.566. The number of allylic oxidation sites excluding steroid dienone is 4. The van der Waals surface area contributed by atoms with Crippen LogP contribution in [0, 0.1) is 5.92 Å². The summed E-state index contributed by atoms with van der Waals surface area (Å²) in [6.07, 6.45) is 13.3. The van der Waals surface area contributed by atoms with Crippen molar-refractivity contribution in [3.63, 3.8) is 0 Å². The highest BCUT2D eigenvalue weighted by molar-refractivity contribution is 5.10. The fourth-order valence-electron chi connectivity index (χ4n) is 1.03. The van der Waals surface area contributed by atoms with Crippen molar-refractivity contribution >= 4 is 0 Å². The van der Waals surface area contributed by atoms with Crippen molar-refractivity contribution < 1.29 is 4.74 Å². The molecular formula is C10H14O. The molecule has 60 valence electrons. The normalized spacial score (nSPS) is 22.8. The lowest BCUT2D eigenvalue weighted by molar-refractivity contribution is 0.215. The molecule has 1 aliphatic carbocycles. The summed E-state index contributed by atoms with van der Waals surface area (Å²) in [4.78, 5) is 0. The Hall–Kier alpha value is -0.980. The fourth-order valence-corrected chi connectivity index (χ4v) is 1.03. The zero-order chi connectivity index (χ0) is 7.94. The van der Waals surface area contributed by atoms with E-state index < -0.39 is 0 Å². The van der Waals surface area contributed by atoms with E-state index in [-0.39, 0.29) is 0 Å². The zero-order valence-corrected chi connectivity index (χ0v) is 6.86. The number of hydrogen-bond acceptors (Lipinski definition) is 1. The summed E-state index contributed by atoms with van der Waals surface area (Å²) < 4.78 is 5.26. The van der Waals surface area contributed by atoms with Crippen molar-refractivity contribution in [3.8, 4) is 0 Å². The van der Waals surface area contributed by atoms with Gasteiger partial charge in [0.1, 0.15) is 0 Å². The van der Waals surface area contributed by atoms with Crippen molar-refractivity contribution in [1.29, 1.82) is 0 Å². The van der Waals surface area contributed by atoms with Gasteiger partial charge in [-0.3, -0.25) is 0 Å². The Labute approximate surface area is 68.1 Å². The molecule has 0 fully saturated rings. The molecule has 0 saturated carbocycles. The van der Waals surface area contributed by atoms with Crippen molar-refractivity contribution in [2.45, 2.75) is 13.3 Å². The first-order valence-electron chi connectivity index (χ1n) is 3.99. The van der Waals surface area contributed by atoms with Gasteiger partial charge in [-0.1, -0.05) is 30.4 Å². The Morgan fingerprint density at radius 2 is 2.45 bits per heavy atom. The minimum atomic E-state index is 0.566. The first-order valence-corrected chi connectivity index (χ1v) is 3.99. The van der Waals surface area contributed by atoms with Crippen LogP contribution in [0.2, 0.25) is 0 Å². The summed E-state index contributed by atoms with van der Waals surface area (Å²) in [5, 5.41) is 0. The molecule has 0 saturated heterocycles. The standard InChI is InChI=1S/C10H14O/c1-2-8-11-9-10-6-4-3-5-7-10/h2-6,8,10H,7,9H2,1H3/b8-2+. The molecule has 1 aliphatic rings. The Morgan fingerprint density at radius 1 is 1.55 bits per heavy atom. The van der Waals surface area contributed by atoms with E-state index in [2.05, 4.69) is 24.3 Å². The second-order valence-electron chi connectivity index (χ2n) is 2.61. The smallest absolute Gasteiger partial charge is 0.0938 e. The lowest BCUT2D eigenvalue weighted by Crippen LogP contribution is -2.04. The van der Waals surface area contributed by atoms with Gasteiger partial charge in [0.2, 0.25) is 0 Å². The maximum absolute atomic E-state index is 5.26. The minimum absolute atomic E-state index is 0.566. The van der Waals surface area contributed by atoms with E-state index in [1.54, 1.807) is 6.26 Å². The lowest BCUT2D eigenvalue weighted by atomic mass is 10.0. The second kappa shape index (κ2) is 4.78. The van der Waals surface area contributed by atoms with E-state index in [9.17, 15) is 0 Å². The summed E-state index contributed by atoms with van der Waals surface area (Å²) in [6, 6.07) is 0. The molecule has 1 atom stereocenters. The highest BCUT2D eigenvalue weighted by Gasteiger charge is 2.03. The molecule has 0 bridgehead atoms. The summed E-state index contributed by atoms with van der Waals surface area (Å²) in [5.41, 5.74) is 0. The van der Waals surface area contributed by atoms with Crippen LogP contribution in [-0.4, -0.2) is 6.61 Å². The molecule has 0 radical (unpaired) electrons. The van der Waals surface area contributed by atoms with Gasteiger partial charge < -0.3 is 4.74 Å². The molecule has 0 heterocycles. The van der Waals surface area contributed by atoms with Crippen molar-refractivity contribution in [3.05, 3.63) is 36.6 Å². The van der Waals surface area contributed by atoms with Crippen LogP contribution in [0.3, 0.4) is 0 Å². The number of hydrogen-bond donors (Lipinski definition) is 0. The predicted molar refractivity (Wildman–Crippen MR) is 47.2 cm³/mol. The predicted octanol–water partition coefficient (Wildman–Crippen LogP) is 2.67. The fraction of sp³-hybridized carbons (Fsp3) is 0.400. The Balaban J connectivity index is 2.17. The number of ether oxygens (including phenoxy) is 1. The maximum atomic E-state index is 5.26. The molecule has 0 amide bonds. The third kappa shape index (κ3) is 3.08. The minimum Gasteiger partial charge on any atom is -0.501 e. The van der Waals surface area contributed by atoms with Crippen LogP contribution in [-0.2, 0) is 4.74 Å². The molecule has 0 aliphatic heterocycles. The van der Waals surface area contributed by atoms with Crippen molar-refractivity contribution in [1.82, 2.24) is 0 Å². The van der Waals surface area contributed by atoms with Gasteiger partial charge in [0.15, 0.2) is 0 Å². The van der Waals surface area contributed by atoms with Gasteiger partial charge in [-0.15, -0.1) is 0 Å². The van der Waals surface area contributed by atoms with Gasteiger partial charge in [0.05, 0.1) is 12.9 Å². The maximum Gasteiger partial charge on any atom is 0.0938 e. The van der Waals surface area contributed by atoms with E-state index in [0.29, 0.717) is 5.92 Å². The van der Waals surface area contributed by atoms with Gasteiger partial charge in [0.25, 0.3) is 0 Å². The summed E-state index contributed by atoms with van der Waals surface area (Å²) >= 11 is 0. The first-order chi connectivity index (χ1) is 5.43. The summed E-state index contributed by atoms with van der Waals surface area (Å²) in [6.45, 7) is 2.75. The van der Waals surface area contributed by atoms with Gasteiger partial charge in [-0.2, -0.15) is 0 Å². The number of rotatable bonds is 3. The van der Waals surface area contributed by atoms with Crippen molar-refractivity contribution in [2.75, 3.05) is 6.61 Å². The molecule has 0 spiro atoms. The first kappa shape index (κ1) is 8.12. The van der Waals surface area contributed by atoms with E-state index >= 15 is 0 Å². The van der Waals surface area contributed by atoms with Crippen LogP contribution in [0.5, 0.6) is 0 Å². The van der Waals surface area contributed by atoms with Crippen LogP contribution in [0.15, 0.2) is 36.6 Å². The third-order valence-electron chi connectivity index (χ3n) is 1.61. The quantitative estimate of drug-likeness (QED) is 0.562. The van der Waals surface area contributed by atoms with Crippen LogP contribution in [0.1, 0.15) is 13.3 Å². The molecule has 0 aromatic rings. The molecule has 1 unspecified atom stereocenters. The Kier molecular flexibility index (Phi) is 3.53.